The van der Waals surface area contributed by atoms with Crippen molar-refractivity contribution >= 4 is 0 Å². The Balaban J connectivity index is 1.84. The van der Waals surface area contributed by atoms with E-state index < -0.39 is 18.1 Å². The van der Waals surface area contributed by atoms with Gasteiger partial charge in [0.05, 0.1) is 5.92 Å². The summed E-state index contributed by atoms with van der Waals surface area (Å²) in [5.74, 6) is -1.16. The Hall–Kier alpha value is -1.03. The van der Waals surface area contributed by atoms with Crippen molar-refractivity contribution in [1.29, 1.82) is 0 Å². The van der Waals surface area contributed by atoms with Crippen LogP contribution in [0.3, 0.4) is 0 Å². The highest BCUT2D eigenvalue weighted by atomic mass is 19.4. The first-order valence-electron chi connectivity index (χ1n) is 5.41. The lowest BCUT2D eigenvalue weighted by Crippen LogP contribution is -2.50. The molecule has 0 amide bonds. The minimum absolute atomic E-state index is 0.260. The third-order valence-corrected chi connectivity index (χ3v) is 3.11. The summed E-state index contributed by atoms with van der Waals surface area (Å²) in [5.41, 5.74) is 1.02. The van der Waals surface area contributed by atoms with Crippen LogP contribution in [0.4, 0.5) is 13.2 Å². The van der Waals surface area contributed by atoms with Crippen LogP contribution in [-0.4, -0.2) is 12.2 Å². The summed E-state index contributed by atoms with van der Waals surface area (Å²) in [6, 6.07) is 9.09. The molecule has 2 unspecified atom stereocenters. The second-order valence-corrected chi connectivity index (χ2v) is 4.20. The molecule has 0 aliphatic heterocycles. The smallest absolute Gasteiger partial charge is 0.309 e. The van der Waals surface area contributed by atoms with Crippen LogP contribution in [0, 0.1) is 5.92 Å². The summed E-state index contributed by atoms with van der Waals surface area (Å²) in [4.78, 5) is 0. The lowest BCUT2D eigenvalue weighted by molar-refractivity contribution is -0.203. The number of alkyl halides is 3. The highest BCUT2D eigenvalue weighted by Gasteiger charge is 2.49. The molecule has 0 spiro atoms. The molecular formula is C12H14F3N. The fraction of sp³-hybridized carbons (Fsp3) is 0.500. The molecule has 4 heteroatoms. The Labute approximate surface area is 92.7 Å². The number of hydrogen-bond donors (Lipinski definition) is 1. The summed E-state index contributed by atoms with van der Waals surface area (Å²) in [6.07, 6.45) is -3.17. The second-order valence-electron chi connectivity index (χ2n) is 4.20. The number of halogens is 3. The van der Waals surface area contributed by atoms with Gasteiger partial charge in [-0.15, -0.1) is 0 Å². The summed E-state index contributed by atoms with van der Waals surface area (Å²) < 4.78 is 37.3. The van der Waals surface area contributed by atoms with Crippen LogP contribution >= 0.6 is 0 Å². The van der Waals surface area contributed by atoms with Gasteiger partial charge >= 0.3 is 6.18 Å². The van der Waals surface area contributed by atoms with Crippen molar-refractivity contribution in [1.82, 2.24) is 5.32 Å². The zero-order chi connectivity index (χ0) is 11.6. The molecular weight excluding hydrogens is 215 g/mol. The zero-order valence-electron chi connectivity index (χ0n) is 8.80. The molecule has 1 aromatic rings. The monoisotopic (exact) mass is 229 g/mol. The molecule has 1 aromatic carbocycles. The molecule has 1 saturated carbocycles. The molecule has 0 bridgehead atoms. The summed E-state index contributed by atoms with van der Waals surface area (Å²) in [7, 11) is 0. The normalized spacial score (nSPS) is 25.2. The molecule has 1 aliphatic carbocycles. The number of nitrogens with one attached hydrogen (secondary N) is 1. The lowest BCUT2D eigenvalue weighted by atomic mass is 9.79. The van der Waals surface area contributed by atoms with Gasteiger partial charge in [0.1, 0.15) is 0 Å². The van der Waals surface area contributed by atoms with E-state index in [9.17, 15) is 13.2 Å². The average molecular weight is 229 g/mol. The van der Waals surface area contributed by atoms with Gasteiger partial charge in [0.2, 0.25) is 0 Å². The van der Waals surface area contributed by atoms with Gasteiger partial charge in [0, 0.05) is 12.6 Å². The summed E-state index contributed by atoms with van der Waals surface area (Å²) >= 11 is 0. The van der Waals surface area contributed by atoms with Gasteiger partial charge in [0.15, 0.2) is 0 Å². The predicted molar refractivity (Wildman–Crippen MR) is 55.8 cm³/mol. The highest BCUT2D eigenvalue weighted by Crippen LogP contribution is 2.41. The molecule has 0 radical (unpaired) electrons. The Bertz CT molecular complexity index is 334. The minimum atomic E-state index is -4.05. The number of benzene rings is 1. The van der Waals surface area contributed by atoms with Gasteiger partial charge in [-0.2, -0.15) is 13.2 Å². The third kappa shape index (κ3) is 2.55. The van der Waals surface area contributed by atoms with Gasteiger partial charge in [-0.3, -0.25) is 0 Å². The van der Waals surface area contributed by atoms with E-state index in [0.717, 1.165) is 5.56 Å². The van der Waals surface area contributed by atoms with Gasteiger partial charge in [-0.1, -0.05) is 30.3 Å². The first-order valence-corrected chi connectivity index (χ1v) is 5.41. The van der Waals surface area contributed by atoms with Crippen molar-refractivity contribution in [2.24, 2.45) is 5.92 Å². The van der Waals surface area contributed by atoms with Crippen molar-refractivity contribution in [3.8, 4) is 0 Å². The fourth-order valence-electron chi connectivity index (χ4n) is 1.98. The first-order chi connectivity index (χ1) is 7.57. The molecule has 2 rings (SSSR count). The molecule has 88 valence electrons. The van der Waals surface area contributed by atoms with E-state index >= 15 is 0 Å². The van der Waals surface area contributed by atoms with Gasteiger partial charge in [-0.25, -0.2) is 0 Å². The number of hydrogen-bond acceptors (Lipinski definition) is 1. The first kappa shape index (κ1) is 11.5. The Kier molecular flexibility index (Phi) is 3.19. The standard InChI is InChI=1S/C12H14F3N/c13-12(14,15)10-6-7-11(10)16-8-9-4-2-1-3-5-9/h1-5,10-11,16H,6-8H2. The minimum Gasteiger partial charge on any atom is -0.309 e. The van der Waals surface area contributed by atoms with E-state index in [4.69, 9.17) is 0 Å². The molecule has 16 heavy (non-hydrogen) atoms. The van der Waals surface area contributed by atoms with Crippen molar-refractivity contribution in [3.05, 3.63) is 35.9 Å². The molecule has 1 fully saturated rings. The van der Waals surface area contributed by atoms with E-state index in [2.05, 4.69) is 5.32 Å². The average Bonchev–Trinajstić information content (AvgIpc) is 2.15. The molecule has 1 N–H and O–H groups in total. The van der Waals surface area contributed by atoms with Crippen LogP contribution in [0.25, 0.3) is 0 Å². The van der Waals surface area contributed by atoms with Crippen LogP contribution in [0.2, 0.25) is 0 Å². The molecule has 1 aliphatic rings. The van der Waals surface area contributed by atoms with Gasteiger partial charge < -0.3 is 5.32 Å². The third-order valence-electron chi connectivity index (χ3n) is 3.11. The maximum Gasteiger partial charge on any atom is 0.393 e. The topological polar surface area (TPSA) is 12.0 Å². The van der Waals surface area contributed by atoms with Crippen LogP contribution in [-0.2, 0) is 6.54 Å². The Morgan fingerprint density at radius 1 is 1.12 bits per heavy atom. The quantitative estimate of drug-likeness (QED) is 0.839. The van der Waals surface area contributed by atoms with Crippen LogP contribution in [0.15, 0.2) is 30.3 Å². The van der Waals surface area contributed by atoms with E-state index in [0.29, 0.717) is 13.0 Å². The van der Waals surface area contributed by atoms with Crippen LogP contribution in [0.1, 0.15) is 18.4 Å². The number of rotatable bonds is 3. The zero-order valence-corrected chi connectivity index (χ0v) is 8.80. The van der Waals surface area contributed by atoms with Gasteiger partial charge in [0.25, 0.3) is 0 Å². The van der Waals surface area contributed by atoms with Crippen molar-refractivity contribution in [3.63, 3.8) is 0 Å². The van der Waals surface area contributed by atoms with E-state index in [1.54, 1.807) is 0 Å². The summed E-state index contributed by atoms with van der Waals surface area (Å²) in [5, 5.41) is 2.97. The SMILES string of the molecule is FC(F)(F)C1CCC1NCc1ccccc1. The lowest BCUT2D eigenvalue weighted by Gasteiger charge is -2.38. The van der Waals surface area contributed by atoms with Gasteiger partial charge in [-0.05, 0) is 18.4 Å². The Morgan fingerprint density at radius 3 is 2.31 bits per heavy atom. The van der Waals surface area contributed by atoms with Crippen molar-refractivity contribution in [2.75, 3.05) is 0 Å². The largest absolute Gasteiger partial charge is 0.393 e. The Morgan fingerprint density at radius 2 is 1.81 bits per heavy atom. The van der Waals surface area contributed by atoms with Crippen molar-refractivity contribution in [2.45, 2.75) is 31.6 Å². The fourth-order valence-corrected chi connectivity index (χ4v) is 1.98. The molecule has 0 aromatic heterocycles. The van der Waals surface area contributed by atoms with Crippen LogP contribution in [0.5, 0.6) is 0 Å². The van der Waals surface area contributed by atoms with E-state index in [1.165, 1.54) is 0 Å². The molecule has 0 heterocycles. The highest BCUT2D eigenvalue weighted by molar-refractivity contribution is 5.14. The second kappa shape index (κ2) is 4.45. The maximum absolute atomic E-state index is 12.4. The summed E-state index contributed by atoms with van der Waals surface area (Å²) in [6.45, 7) is 0.512. The molecule has 1 nitrogen and oxygen atoms in total. The van der Waals surface area contributed by atoms with E-state index in [-0.39, 0.29) is 6.42 Å². The molecule has 2 atom stereocenters. The van der Waals surface area contributed by atoms with Crippen molar-refractivity contribution < 1.29 is 13.2 Å². The van der Waals surface area contributed by atoms with Crippen LogP contribution < -0.4 is 5.32 Å². The predicted octanol–water partition coefficient (Wildman–Crippen LogP) is 3.12. The van der Waals surface area contributed by atoms with E-state index in [1.807, 2.05) is 30.3 Å². The molecule has 0 saturated heterocycles. The maximum atomic E-state index is 12.4.